The Hall–Kier alpha value is 1.70. The van der Waals surface area contributed by atoms with Crippen molar-refractivity contribution in [2.75, 3.05) is 0 Å². The maximum atomic E-state index is 3.96. The van der Waals surface area contributed by atoms with Crippen LogP contribution in [0.25, 0.3) is 0 Å². The van der Waals surface area contributed by atoms with Crippen molar-refractivity contribution >= 4 is 54.8 Å². The van der Waals surface area contributed by atoms with Crippen molar-refractivity contribution in [1.29, 1.82) is 0 Å². The van der Waals surface area contributed by atoms with E-state index in [1.807, 2.05) is 6.92 Å². The molecule has 0 saturated heterocycles. The van der Waals surface area contributed by atoms with Gasteiger partial charge in [-0.1, -0.05) is 6.92 Å². The van der Waals surface area contributed by atoms with E-state index in [1.54, 1.807) is 0 Å². The summed E-state index contributed by atoms with van der Waals surface area (Å²) in [7, 11) is 0. The van der Waals surface area contributed by atoms with Crippen LogP contribution in [0.2, 0.25) is 0 Å². The average molecular weight is 132 g/mol. The van der Waals surface area contributed by atoms with Crippen LogP contribution in [-0.2, 0) is 0 Å². The Balaban J connectivity index is 0. The van der Waals surface area contributed by atoms with Gasteiger partial charge in [0.1, 0.15) is 0 Å². The molecule has 0 N–H and O–H groups in total. The SMILES string of the molecule is CCC(S)S.[NaH]. The van der Waals surface area contributed by atoms with Gasteiger partial charge in [-0.2, -0.15) is 25.3 Å². The number of rotatable bonds is 1. The first-order valence-electron chi connectivity index (χ1n) is 1.63. The van der Waals surface area contributed by atoms with Gasteiger partial charge in [-0.15, -0.1) is 0 Å². The summed E-state index contributed by atoms with van der Waals surface area (Å²) in [6.45, 7) is 2.05. The molecule has 0 spiro atoms. The molecule has 0 aliphatic heterocycles. The van der Waals surface area contributed by atoms with Crippen LogP contribution in [0.5, 0.6) is 0 Å². The third kappa shape index (κ3) is 9.20. The predicted molar refractivity (Wildman–Crippen MR) is 39.2 cm³/mol. The molecule has 0 bridgehead atoms. The summed E-state index contributed by atoms with van der Waals surface area (Å²) in [6.07, 6.45) is 1.03. The van der Waals surface area contributed by atoms with E-state index in [0.717, 1.165) is 6.42 Å². The monoisotopic (exact) mass is 132 g/mol. The van der Waals surface area contributed by atoms with Gasteiger partial charge >= 0.3 is 29.6 Å². The number of thiol groups is 2. The normalized spacial score (nSPS) is 8.00. The van der Waals surface area contributed by atoms with Crippen LogP contribution in [0.3, 0.4) is 0 Å². The van der Waals surface area contributed by atoms with E-state index in [9.17, 15) is 0 Å². The van der Waals surface area contributed by atoms with Gasteiger partial charge in [0.05, 0.1) is 0 Å². The molecule has 0 aliphatic carbocycles. The summed E-state index contributed by atoms with van der Waals surface area (Å²) in [5.74, 6) is 0. The van der Waals surface area contributed by atoms with Crippen LogP contribution in [-0.4, -0.2) is 34.1 Å². The maximum absolute atomic E-state index is 3.96. The van der Waals surface area contributed by atoms with Gasteiger partial charge in [-0.05, 0) is 6.42 Å². The fraction of sp³-hybridized carbons (Fsp3) is 1.00. The van der Waals surface area contributed by atoms with Crippen LogP contribution in [0.15, 0.2) is 0 Å². The second kappa shape index (κ2) is 6.70. The Labute approximate surface area is 72.2 Å². The Kier molecular flexibility index (Phi) is 11.9. The molecule has 0 aliphatic rings. The molecule has 0 nitrogen and oxygen atoms in total. The first kappa shape index (κ1) is 10.6. The molecule has 0 aromatic carbocycles. The Morgan fingerprint density at radius 2 is 1.67 bits per heavy atom. The Morgan fingerprint density at radius 3 is 1.67 bits per heavy atom. The first-order chi connectivity index (χ1) is 2.27. The van der Waals surface area contributed by atoms with Crippen LogP contribution in [0.1, 0.15) is 13.3 Å². The van der Waals surface area contributed by atoms with Crippen LogP contribution >= 0.6 is 25.3 Å². The standard InChI is InChI=1S/C3H8S2.Na.H/c1-2-3(4)5;;/h3-5H,2H2,1H3;;. The third-order valence-electron chi connectivity index (χ3n) is 0.365. The zero-order valence-electron chi connectivity index (χ0n) is 3.18. The second-order valence-electron chi connectivity index (χ2n) is 0.889. The van der Waals surface area contributed by atoms with Crippen LogP contribution < -0.4 is 0 Å². The van der Waals surface area contributed by atoms with E-state index >= 15 is 0 Å². The fourth-order valence-electron chi connectivity index (χ4n) is 0. The van der Waals surface area contributed by atoms with Crippen molar-refractivity contribution < 1.29 is 0 Å². The summed E-state index contributed by atoms with van der Waals surface area (Å²) in [5.41, 5.74) is 0. The summed E-state index contributed by atoms with van der Waals surface area (Å²) in [5, 5.41) is 0. The van der Waals surface area contributed by atoms with Crippen molar-refractivity contribution in [2.45, 2.75) is 17.9 Å². The van der Waals surface area contributed by atoms with Gasteiger partial charge in [-0.3, -0.25) is 0 Å². The van der Waals surface area contributed by atoms with Gasteiger partial charge in [0.15, 0.2) is 0 Å². The molecule has 0 aromatic heterocycles. The van der Waals surface area contributed by atoms with Gasteiger partial charge in [0.2, 0.25) is 0 Å². The quantitative estimate of drug-likeness (QED) is 0.296. The van der Waals surface area contributed by atoms with Gasteiger partial charge in [0, 0.05) is 4.58 Å². The van der Waals surface area contributed by atoms with E-state index < -0.39 is 0 Å². The van der Waals surface area contributed by atoms with E-state index in [0.29, 0.717) is 0 Å². The Morgan fingerprint density at radius 1 is 1.50 bits per heavy atom. The molecule has 0 amide bonds. The average Bonchev–Trinajstić information content (AvgIpc) is 1.38. The zero-order chi connectivity index (χ0) is 4.28. The van der Waals surface area contributed by atoms with E-state index in [-0.39, 0.29) is 34.1 Å². The second-order valence-corrected chi connectivity index (χ2v) is 2.54. The predicted octanol–water partition coefficient (Wildman–Crippen LogP) is 0.934. The Bertz CT molecular complexity index is 22.8. The molecule has 6 heavy (non-hydrogen) atoms. The van der Waals surface area contributed by atoms with E-state index in [2.05, 4.69) is 25.3 Å². The molecular formula is C3H9NaS2. The molecule has 0 unspecified atom stereocenters. The molecule has 0 rings (SSSR count). The van der Waals surface area contributed by atoms with Crippen molar-refractivity contribution in [3.05, 3.63) is 0 Å². The van der Waals surface area contributed by atoms with Crippen molar-refractivity contribution in [3.63, 3.8) is 0 Å². The van der Waals surface area contributed by atoms with Gasteiger partial charge < -0.3 is 0 Å². The van der Waals surface area contributed by atoms with Crippen molar-refractivity contribution in [3.8, 4) is 0 Å². The van der Waals surface area contributed by atoms with Crippen LogP contribution in [0, 0.1) is 0 Å². The summed E-state index contributed by atoms with van der Waals surface area (Å²) in [6, 6.07) is 0. The fourth-order valence-corrected chi connectivity index (χ4v) is 0. The molecule has 0 atom stereocenters. The van der Waals surface area contributed by atoms with Crippen molar-refractivity contribution in [2.24, 2.45) is 0 Å². The molecule has 34 valence electrons. The molecular weight excluding hydrogens is 123 g/mol. The topological polar surface area (TPSA) is 0 Å². The molecule has 0 heterocycles. The zero-order valence-corrected chi connectivity index (χ0v) is 4.97. The molecule has 3 heteroatoms. The summed E-state index contributed by atoms with van der Waals surface area (Å²) < 4.78 is 0.273. The van der Waals surface area contributed by atoms with Gasteiger partial charge in [-0.25, -0.2) is 0 Å². The molecule has 0 radical (unpaired) electrons. The van der Waals surface area contributed by atoms with E-state index in [4.69, 9.17) is 0 Å². The molecule has 0 aromatic rings. The summed E-state index contributed by atoms with van der Waals surface area (Å²) in [4.78, 5) is 0. The van der Waals surface area contributed by atoms with Crippen molar-refractivity contribution in [1.82, 2.24) is 0 Å². The number of hydrogen-bond donors (Lipinski definition) is 2. The minimum absolute atomic E-state index is 0. The molecule has 0 saturated carbocycles. The number of hydrogen-bond acceptors (Lipinski definition) is 2. The summed E-state index contributed by atoms with van der Waals surface area (Å²) >= 11 is 7.92. The molecule has 0 fully saturated rings. The minimum atomic E-state index is 0. The first-order valence-corrected chi connectivity index (χ1v) is 2.66. The third-order valence-corrected chi connectivity index (χ3v) is 1.10. The van der Waals surface area contributed by atoms with Crippen LogP contribution in [0.4, 0.5) is 0 Å². The van der Waals surface area contributed by atoms with Gasteiger partial charge in [0.25, 0.3) is 0 Å². The van der Waals surface area contributed by atoms with E-state index in [1.165, 1.54) is 0 Å².